The van der Waals surface area contributed by atoms with Crippen molar-refractivity contribution in [3.63, 3.8) is 0 Å². The van der Waals surface area contributed by atoms with Gasteiger partial charge in [-0.3, -0.25) is 9.78 Å². The fraction of sp³-hybridized carbons (Fsp3) is 0.360. The van der Waals surface area contributed by atoms with Gasteiger partial charge in [0.05, 0.1) is 28.5 Å². The van der Waals surface area contributed by atoms with Crippen LogP contribution in [0, 0.1) is 0 Å². The second-order valence-electron chi connectivity index (χ2n) is 8.74. The molecule has 1 amide bonds. The van der Waals surface area contributed by atoms with Gasteiger partial charge >= 0.3 is 6.18 Å². The summed E-state index contributed by atoms with van der Waals surface area (Å²) in [6.07, 6.45) is -0.874. The number of anilines is 1. The molecule has 4 rings (SSSR count). The van der Waals surface area contributed by atoms with Crippen LogP contribution >= 0.6 is 0 Å². The predicted molar refractivity (Wildman–Crippen MR) is 131 cm³/mol. The lowest BCUT2D eigenvalue weighted by molar-refractivity contribution is -0.138. The van der Waals surface area contributed by atoms with E-state index in [4.69, 9.17) is 0 Å². The summed E-state index contributed by atoms with van der Waals surface area (Å²) in [5.74, 6) is -0.0454. The third-order valence-electron chi connectivity index (χ3n) is 6.35. The molecule has 1 N–H and O–H groups in total. The Morgan fingerprint density at radius 1 is 1.08 bits per heavy atom. The van der Waals surface area contributed by atoms with Crippen LogP contribution in [0.25, 0.3) is 0 Å². The van der Waals surface area contributed by atoms with Crippen LogP contribution in [0.4, 0.5) is 19.1 Å². The van der Waals surface area contributed by atoms with Crippen LogP contribution in [0.2, 0.25) is 0 Å². The Balaban J connectivity index is 1.48. The monoisotopic (exact) mass is 533 g/mol. The van der Waals surface area contributed by atoms with Crippen LogP contribution in [-0.2, 0) is 29.1 Å². The number of benzene rings is 1. The number of pyridine rings is 1. The number of aromatic nitrogens is 3. The summed E-state index contributed by atoms with van der Waals surface area (Å²) in [5, 5.41) is 2.79. The molecule has 3 aromatic rings. The Morgan fingerprint density at radius 2 is 1.81 bits per heavy atom. The average Bonchev–Trinajstić information content (AvgIpc) is 2.90. The van der Waals surface area contributed by atoms with E-state index in [1.165, 1.54) is 12.3 Å². The molecule has 0 fully saturated rings. The van der Waals surface area contributed by atoms with E-state index in [2.05, 4.69) is 20.3 Å². The number of carbonyl (C=O) groups excluding carboxylic acids is 1. The minimum atomic E-state index is -4.51. The number of hydrogen-bond acceptors (Lipinski definition) is 7. The minimum absolute atomic E-state index is 0.0234. The van der Waals surface area contributed by atoms with Crippen LogP contribution in [0.15, 0.2) is 53.8 Å². The molecule has 0 saturated heterocycles. The largest absolute Gasteiger partial charge is 0.419 e. The lowest BCUT2D eigenvalue weighted by atomic mass is 9.87. The van der Waals surface area contributed by atoms with E-state index in [0.29, 0.717) is 24.3 Å². The first-order valence-corrected chi connectivity index (χ1v) is 13.4. The SMILES string of the molecule is CCC1CN(c2ncc(C(F)(F)F)cn2)Cc2cc(C(=O)NCc3ccc(S(=O)(=O)CC)cn3)ccc21. The number of fused-ring (bicyclic) bond motifs is 1. The second-order valence-corrected chi connectivity index (χ2v) is 11.0. The summed E-state index contributed by atoms with van der Waals surface area (Å²) in [4.78, 5) is 26.8. The molecule has 1 unspecified atom stereocenters. The molecule has 1 aromatic carbocycles. The fourth-order valence-corrected chi connectivity index (χ4v) is 5.01. The number of hydrogen-bond donors (Lipinski definition) is 1. The van der Waals surface area contributed by atoms with Gasteiger partial charge in [-0.05, 0) is 41.8 Å². The van der Waals surface area contributed by atoms with E-state index >= 15 is 0 Å². The van der Waals surface area contributed by atoms with Crippen molar-refractivity contribution in [3.8, 4) is 0 Å². The van der Waals surface area contributed by atoms with Gasteiger partial charge in [0, 0.05) is 43.2 Å². The Bertz CT molecular complexity index is 1380. The summed E-state index contributed by atoms with van der Waals surface area (Å²) >= 11 is 0. The summed E-state index contributed by atoms with van der Waals surface area (Å²) in [6, 6.07) is 8.45. The van der Waals surface area contributed by atoms with Crippen molar-refractivity contribution in [2.75, 3.05) is 17.2 Å². The first kappa shape index (κ1) is 26.5. The number of amides is 1. The quantitative estimate of drug-likeness (QED) is 0.487. The van der Waals surface area contributed by atoms with Crippen molar-refractivity contribution >= 4 is 21.7 Å². The molecule has 2 aromatic heterocycles. The molecule has 37 heavy (non-hydrogen) atoms. The summed E-state index contributed by atoms with van der Waals surface area (Å²) in [5.41, 5.74) is 1.99. The van der Waals surface area contributed by atoms with E-state index in [-0.39, 0.29) is 35.0 Å². The van der Waals surface area contributed by atoms with Crippen LogP contribution in [0.5, 0.6) is 0 Å². The van der Waals surface area contributed by atoms with Gasteiger partial charge in [-0.25, -0.2) is 18.4 Å². The van der Waals surface area contributed by atoms with Gasteiger partial charge in [0.1, 0.15) is 0 Å². The smallest absolute Gasteiger partial charge is 0.346 e. The molecule has 0 aliphatic carbocycles. The van der Waals surface area contributed by atoms with Crippen molar-refractivity contribution in [2.45, 2.75) is 50.3 Å². The van der Waals surface area contributed by atoms with E-state index in [1.54, 1.807) is 25.1 Å². The highest BCUT2D eigenvalue weighted by molar-refractivity contribution is 7.91. The fourth-order valence-electron chi connectivity index (χ4n) is 4.19. The number of alkyl halides is 3. The number of nitrogens with zero attached hydrogens (tertiary/aromatic N) is 4. The van der Waals surface area contributed by atoms with Crippen molar-refractivity contribution in [1.29, 1.82) is 0 Å². The first-order valence-electron chi connectivity index (χ1n) is 11.7. The van der Waals surface area contributed by atoms with Crippen LogP contribution in [0.1, 0.15) is 58.9 Å². The minimum Gasteiger partial charge on any atom is -0.346 e. The molecule has 1 atom stereocenters. The molecule has 196 valence electrons. The number of nitrogens with one attached hydrogen (secondary N) is 1. The summed E-state index contributed by atoms with van der Waals surface area (Å²) < 4.78 is 62.5. The van der Waals surface area contributed by atoms with E-state index in [0.717, 1.165) is 29.9 Å². The van der Waals surface area contributed by atoms with Crippen molar-refractivity contribution < 1.29 is 26.4 Å². The Morgan fingerprint density at radius 3 is 2.41 bits per heavy atom. The van der Waals surface area contributed by atoms with Crippen LogP contribution in [-0.4, -0.2) is 41.6 Å². The molecule has 1 aliphatic heterocycles. The predicted octanol–water partition coefficient (Wildman–Crippen LogP) is 4.13. The van der Waals surface area contributed by atoms with Gasteiger partial charge < -0.3 is 10.2 Å². The molecule has 3 heterocycles. The second kappa shape index (κ2) is 10.4. The van der Waals surface area contributed by atoms with Gasteiger partial charge in [0.15, 0.2) is 9.84 Å². The summed E-state index contributed by atoms with van der Waals surface area (Å²) in [7, 11) is -3.35. The normalized spacial score (nSPS) is 15.8. The Kier molecular flexibility index (Phi) is 7.49. The lowest BCUT2D eigenvalue weighted by Crippen LogP contribution is -2.35. The third kappa shape index (κ3) is 5.90. The Labute approximate surface area is 212 Å². The zero-order chi connectivity index (χ0) is 26.8. The van der Waals surface area contributed by atoms with E-state index in [1.807, 2.05) is 17.9 Å². The topological polar surface area (TPSA) is 105 Å². The molecular weight excluding hydrogens is 507 g/mol. The van der Waals surface area contributed by atoms with Gasteiger partial charge in [0.2, 0.25) is 5.95 Å². The van der Waals surface area contributed by atoms with Crippen molar-refractivity contribution in [2.24, 2.45) is 0 Å². The number of carbonyl (C=O) groups is 1. The molecule has 1 aliphatic rings. The van der Waals surface area contributed by atoms with Gasteiger partial charge in [-0.15, -0.1) is 0 Å². The van der Waals surface area contributed by atoms with Gasteiger partial charge in [-0.1, -0.05) is 19.9 Å². The van der Waals surface area contributed by atoms with E-state index in [9.17, 15) is 26.4 Å². The van der Waals surface area contributed by atoms with Gasteiger partial charge in [-0.2, -0.15) is 13.2 Å². The Hall–Kier alpha value is -3.54. The molecule has 0 spiro atoms. The van der Waals surface area contributed by atoms with E-state index < -0.39 is 21.6 Å². The maximum atomic E-state index is 12.9. The molecular formula is C25H26F3N5O3S. The number of sulfone groups is 1. The van der Waals surface area contributed by atoms with Crippen molar-refractivity contribution in [1.82, 2.24) is 20.3 Å². The maximum Gasteiger partial charge on any atom is 0.419 e. The zero-order valence-corrected chi connectivity index (χ0v) is 21.1. The maximum absolute atomic E-state index is 12.9. The summed E-state index contributed by atoms with van der Waals surface area (Å²) in [6.45, 7) is 4.60. The van der Waals surface area contributed by atoms with Crippen LogP contribution < -0.4 is 10.2 Å². The molecule has 0 saturated carbocycles. The third-order valence-corrected chi connectivity index (χ3v) is 8.07. The standard InChI is InChI=1S/C25H26F3N5O3S/c1-3-16-14-33(24-31-10-19(11-32-24)25(26,27)28)15-18-9-17(5-8-22(16)18)23(34)30-12-20-6-7-21(13-29-20)37(35,36)4-2/h5-11,13,16H,3-4,12,14-15H2,1-2H3,(H,30,34). The zero-order valence-electron chi connectivity index (χ0n) is 20.3. The molecule has 0 bridgehead atoms. The molecule has 12 heteroatoms. The highest BCUT2D eigenvalue weighted by Crippen LogP contribution is 2.34. The molecule has 8 nitrogen and oxygen atoms in total. The first-order chi connectivity index (χ1) is 17.5. The molecule has 0 radical (unpaired) electrons. The average molecular weight is 534 g/mol. The highest BCUT2D eigenvalue weighted by atomic mass is 32.2. The highest BCUT2D eigenvalue weighted by Gasteiger charge is 2.32. The number of rotatable bonds is 7. The lowest BCUT2D eigenvalue weighted by Gasteiger charge is -2.34. The van der Waals surface area contributed by atoms with Crippen LogP contribution in [0.3, 0.4) is 0 Å². The van der Waals surface area contributed by atoms with Crippen molar-refractivity contribution in [3.05, 3.63) is 76.9 Å². The van der Waals surface area contributed by atoms with Gasteiger partial charge in [0.25, 0.3) is 5.91 Å². The number of halogens is 3.